The number of hydrogen-bond donors (Lipinski definition) is 0. The van der Waals surface area contributed by atoms with Gasteiger partial charge in [0.15, 0.2) is 0 Å². The summed E-state index contributed by atoms with van der Waals surface area (Å²) in [5.74, 6) is 1.01. The van der Waals surface area contributed by atoms with Crippen LogP contribution in [0.4, 0.5) is 5.69 Å². The van der Waals surface area contributed by atoms with E-state index in [4.69, 9.17) is 0 Å². The molecule has 1 nitrogen and oxygen atoms in total. The summed E-state index contributed by atoms with van der Waals surface area (Å²) in [6, 6.07) is 8.21. The Balaban J connectivity index is 0.000000605. The zero-order valence-electron chi connectivity index (χ0n) is 6.27. The van der Waals surface area contributed by atoms with Gasteiger partial charge in [0.2, 0.25) is 0 Å². The Morgan fingerprint density at radius 2 is 1.92 bits per heavy atom. The van der Waals surface area contributed by atoms with E-state index in [2.05, 4.69) is 11.1 Å². The van der Waals surface area contributed by atoms with E-state index in [-0.39, 0.29) is 24.8 Å². The van der Waals surface area contributed by atoms with Gasteiger partial charge in [0.25, 0.3) is 0 Å². The Bertz CT molecular complexity index is 276. The number of aliphatic imine (C=N–C) groups is 1. The van der Waals surface area contributed by atoms with Crippen molar-refractivity contribution >= 4 is 48.5 Å². The van der Waals surface area contributed by atoms with Crippen molar-refractivity contribution in [3.8, 4) is 0 Å². The van der Waals surface area contributed by atoms with Gasteiger partial charge in [0.05, 0.1) is 5.69 Å². The predicted octanol–water partition coefficient (Wildman–Crippen LogP) is 3.34. The lowest BCUT2D eigenvalue weighted by Crippen LogP contribution is -1.86. The second-order valence-corrected chi connectivity index (χ2v) is 3.15. The minimum absolute atomic E-state index is 0. The maximum atomic E-state index is 4.25. The standard InChI is InChI=1S/C8H7NS.2ClH/c1-2-4-8-7(3-1)9-5-6-10-8;;/h1-5H,6H2;2*1H. The minimum Gasteiger partial charge on any atom is -0.259 e. The van der Waals surface area contributed by atoms with E-state index < -0.39 is 0 Å². The first-order chi connectivity index (χ1) is 4.97. The SMILES string of the molecule is C1=Nc2ccccc2SC1.Cl.Cl. The van der Waals surface area contributed by atoms with Crippen LogP contribution in [0.1, 0.15) is 0 Å². The second kappa shape index (κ2) is 5.46. The fraction of sp³-hybridized carbons (Fsp3) is 0.125. The van der Waals surface area contributed by atoms with Crippen LogP contribution in [0.2, 0.25) is 0 Å². The van der Waals surface area contributed by atoms with Crippen molar-refractivity contribution in [2.75, 3.05) is 5.75 Å². The molecule has 4 heteroatoms. The predicted molar refractivity (Wildman–Crippen MR) is 59.8 cm³/mol. The van der Waals surface area contributed by atoms with Crippen LogP contribution < -0.4 is 0 Å². The average Bonchev–Trinajstić information content (AvgIpc) is 2.05. The van der Waals surface area contributed by atoms with Gasteiger partial charge in [-0.1, -0.05) is 12.1 Å². The summed E-state index contributed by atoms with van der Waals surface area (Å²) in [7, 11) is 0. The van der Waals surface area contributed by atoms with E-state index in [1.807, 2.05) is 36.2 Å². The molecule has 0 spiro atoms. The van der Waals surface area contributed by atoms with Gasteiger partial charge < -0.3 is 0 Å². The molecule has 0 bridgehead atoms. The highest BCUT2D eigenvalue weighted by Gasteiger charge is 2.02. The molecule has 0 N–H and O–H groups in total. The smallest absolute Gasteiger partial charge is 0.0761 e. The Hall–Kier alpha value is -0.180. The molecule has 0 aliphatic carbocycles. The Labute approximate surface area is 88.5 Å². The third-order valence-corrected chi connectivity index (χ3v) is 2.38. The fourth-order valence-electron chi connectivity index (χ4n) is 0.949. The molecule has 1 heterocycles. The van der Waals surface area contributed by atoms with E-state index in [1.165, 1.54) is 4.90 Å². The molecule has 12 heavy (non-hydrogen) atoms. The Morgan fingerprint density at radius 3 is 2.67 bits per heavy atom. The molecule has 0 saturated heterocycles. The van der Waals surface area contributed by atoms with Crippen LogP contribution in [0.3, 0.4) is 0 Å². The summed E-state index contributed by atoms with van der Waals surface area (Å²) in [5.41, 5.74) is 1.11. The number of halogens is 2. The molecule has 0 saturated carbocycles. The third kappa shape index (κ3) is 2.41. The van der Waals surface area contributed by atoms with Crippen molar-refractivity contribution < 1.29 is 0 Å². The summed E-state index contributed by atoms with van der Waals surface area (Å²) in [5, 5.41) is 0. The average molecular weight is 222 g/mol. The Kier molecular flexibility index (Phi) is 5.38. The van der Waals surface area contributed by atoms with E-state index in [1.54, 1.807) is 0 Å². The number of para-hydroxylation sites is 1. The summed E-state index contributed by atoms with van der Waals surface area (Å²) in [6.07, 6.45) is 1.95. The van der Waals surface area contributed by atoms with Gasteiger partial charge in [-0.05, 0) is 12.1 Å². The van der Waals surface area contributed by atoms with Gasteiger partial charge in [-0.2, -0.15) is 0 Å². The van der Waals surface area contributed by atoms with E-state index in [0.29, 0.717) is 0 Å². The number of fused-ring (bicyclic) bond motifs is 1. The van der Waals surface area contributed by atoms with Crippen LogP contribution in [0, 0.1) is 0 Å². The minimum atomic E-state index is 0. The largest absolute Gasteiger partial charge is 0.259 e. The Morgan fingerprint density at radius 1 is 1.17 bits per heavy atom. The first kappa shape index (κ1) is 11.8. The van der Waals surface area contributed by atoms with Gasteiger partial charge in [-0.15, -0.1) is 36.6 Å². The van der Waals surface area contributed by atoms with Gasteiger partial charge in [0, 0.05) is 16.9 Å². The number of nitrogens with zero attached hydrogens (tertiary/aromatic N) is 1. The highest BCUT2D eigenvalue weighted by atomic mass is 35.5. The number of benzene rings is 1. The highest BCUT2D eigenvalue weighted by molar-refractivity contribution is 8.00. The van der Waals surface area contributed by atoms with Gasteiger partial charge in [-0.3, -0.25) is 4.99 Å². The zero-order valence-corrected chi connectivity index (χ0v) is 8.72. The van der Waals surface area contributed by atoms with Crippen LogP contribution in [0.5, 0.6) is 0 Å². The van der Waals surface area contributed by atoms with Crippen LogP contribution in [-0.2, 0) is 0 Å². The lowest BCUT2D eigenvalue weighted by molar-refractivity contribution is 1.36. The maximum Gasteiger partial charge on any atom is 0.0761 e. The monoisotopic (exact) mass is 221 g/mol. The quantitative estimate of drug-likeness (QED) is 0.655. The molecule has 1 aromatic rings. The van der Waals surface area contributed by atoms with Crippen LogP contribution >= 0.6 is 36.6 Å². The van der Waals surface area contributed by atoms with E-state index in [0.717, 1.165) is 11.4 Å². The van der Waals surface area contributed by atoms with Crippen molar-refractivity contribution in [3.63, 3.8) is 0 Å². The van der Waals surface area contributed by atoms with Crippen LogP contribution in [0.15, 0.2) is 34.2 Å². The molecule has 0 fully saturated rings. The molecule has 1 aromatic carbocycles. The third-order valence-electron chi connectivity index (χ3n) is 1.41. The normalized spacial score (nSPS) is 12.3. The first-order valence-electron chi connectivity index (χ1n) is 3.21. The molecule has 2 rings (SSSR count). The fourth-order valence-corrected chi connectivity index (χ4v) is 1.72. The van der Waals surface area contributed by atoms with Gasteiger partial charge in [-0.25, -0.2) is 0 Å². The summed E-state index contributed by atoms with van der Waals surface area (Å²) < 4.78 is 0. The lowest BCUT2D eigenvalue weighted by atomic mass is 10.3. The van der Waals surface area contributed by atoms with E-state index in [9.17, 15) is 0 Å². The zero-order chi connectivity index (χ0) is 6.81. The molecule has 1 aliphatic heterocycles. The van der Waals surface area contributed by atoms with E-state index >= 15 is 0 Å². The van der Waals surface area contributed by atoms with Gasteiger partial charge >= 0.3 is 0 Å². The van der Waals surface area contributed by atoms with Crippen molar-refractivity contribution in [1.82, 2.24) is 0 Å². The first-order valence-corrected chi connectivity index (χ1v) is 4.20. The summed E-state index contributed by atoms with van der Waals surface area (Å²) >= 11 is 1.84. The number of rotatable bonds is 0. The molecule has 0 unspecified atom stereocenters. The summed E-state index contributed by atoms with van der Waals surface area (Å²) in [4.78, 5) is 5.54. The molecule has 0 aromatic heterocycles. The summed E-state index contributed by atoms with van der Waals surface area (Å²) in [6.45, 7) is 0. The van der Waals surface area contributed by atoms with Crippen molar-refractivity contribution in [3.05, 3.63) is 24.3 Å². The molecule has 0 atom stereocenters. The van der Waals surface area contributed by atoms with Crippen LogP contribution in [0.25, 0.3) is 0 Å². The molecular weight excluding hydrogens is 213 g/mol. The topological polar surface area (TPSA) is 12.4 Å². The van der Waals surface area contributed by atoms with Crippen molar-refractivity contribution in [2.45, 2.75) is 4.90 Å². The molecule has 0 radical (unpaired) electrons. The van der Waals surface area contributed by atoms with Crippen molar-refractivity contribution in [2.24, 2.45) is 4.99 Å². The molecular formula is C8H9Cl2NS. The maximum absolute atomic E-state index is 4.25. The lowest BCUT2D eigenvalue weighted by Gasteiger charge is -2.06. The number of thioether (sulfide) groups is 1. The number of hydrogen-bond acceptors (Lipinski definition) is 2. The molecule has 0 amide bonds. The molecule has 1 aliphatic rings. The van der Waals surface area contributed by atoms with Gasteiger partial charge in [0.1, 0.15) is 0 Å². The van der Waals surface area contributed by atoms with Crippen LogP contribution in [-0.4, -0.2) is 12.0 Å². The second-order valence-electron chi connectivity index (χ2n) is 2.09. The van der Waals surface area contributed by atoms with Crippen molar-refractivity contribution in [1.29, 1.82) is 0 Å². The molecule has 66 valence electrons. The highest BCUT2D eigenvalue weighted by Crippen LogP contribution is 2.31.